The second kappa shape index (κ2) is 9.60. The molecule has 1 aromatic rings. The van der Waals surface area contributed by atoms with Crippen molar-refractivity contribution >= 4 is 0 Å². The molecule has 0 spiro atoms. The van der Waals surface area contributed by atoms with Crippen LogP contribution in [-0.2, 0) is 0 Å². The number of ether oxygens (including phenoxy) is 2. The quantitative estimate of drug-likeness (QED) is 0.688. The molecule has 0 aliphatic carbocycles. The van der Waals surface area contributed by atoms with Gasteiger partial charge >= 0.3 is 0 Å². The zero-order valence-electron chi connectivity index (χ0n) is 13.6. The highest BCUT2D eigenvalue weighted by Crippen LogP contribution is 2.29. The van der Waals surface area contributed by atoms with Gasteiger partial charge < -0.3 is 24.8 Å². The SMILES string of the molecule is CCN(CC)CCNC(CO)c1ccc(OC)c(OC)c1. The lowest BCUT2D eigenvalue weighted by Gasteiger charge is -2.22. The van der Waals surface area contributed by atoms with Gasteiger partial charge in [0.05, 0.1) is 26.9 Å². The molecule has 1 unspecified atom stereocenters. The summed E-state index contributed by atoms with van der Waals surface area (Å²) in [6.07, 6.45) is 0. The van der Waals surface area contributed by atoms with Crippen LogP contribution in [0.2, 0.25) is 0 Å². The minimum atomic E-state index is -0.0969. The molecular weight excluding hydrogens is 268 g/mol. The Morgan fingerprint density at radius 3 is 2.33 bits per heavy atom. The molecule has 0 heterocycles. The van der Waals surface area contributed by atoms with Crippen LogP contribution < -0.4 is 14.8 Å². The Morgan fingerprint density at radius 2 is 1.81 bits per heavy atom. The van der Waals surface area contributed by atoms with Gasteiger partial charge in [0.1, 0.15) is 0 Å². The first kappa shape index (κ1) is 17.8. The van der Waals surface area contributed by atoms with E-state index in [9.17, 15) is 5.11 Å². The van der Waals surface area contributed by atoms with Gasteiger partial charge in [0.15, 0.2) is 11.5 Å². The molecule has 1 rings (SSSR count). The highest BCUT2D eigenvalue weighted by Gasteiger charge is 2.13. The lowest BCUT2D eigenvalue weighted by Crippen LogP contribution is -2.34. The number of methoxy groups -OCH3 is 2. The van der Waals surface area contributed by atoms with E-state index in [0.29, 0.717) is 11.5 Å². The van der Waals surface area contributed by atoms with Crippen LogP contribution in [0.5, 0.6) is 11.5 Å². The summed E-state index contributed by atoms with van der Waals surface area (Å²) in [4.78, 5) is 2.34. The minimum Gasteiger partial charge on any atom is -0.493 e. The molecule has 0 aromatic heterocycles. The molecule has 120 valence electrons. The maximum atomic E-state index is 9.60. The Bertz CT molecular complexity index is 409. The number of aliphatic hydroxyl groups excluding tert-OH is 1. The minimum absolute atomic E-state index is 0.0493. The Balaban J connectivity index is 2.67. The third kappa shape index (κ3) is 5.19. The topological polar surface area (TPSA) is 54.0 Å². The molecule has 0 radical (unpaired) electrons. The summed E-state index contributed by atoms with van der Waals surface area (Å²) in [7, 11) is 3.23. The number of hydrogen-bond acceptors (Lipinski definition) is 5. The van der Waals surface area contributed by atoms with E-state index in [-0.39, 0.29) is 12.6 Å². The highest BCUT2D eigenvalue weighted by molar-refractivity contribution is 5.43. The van der Waals surface area contributed by atoms with Crippen molar-refractivity contribution in [2.75, 3.05) is 47.0 Å². The van der Waals surface area contributed by atoms with Crippen LogP contribution in [0.15, 0.2) is 18.2 Å². The third-order valence-corrected chi connectivity index (χ3v) is 3.71. The van der Waals surface area contributed by atoms with Gasteiger partial charge in [-0.05, 0) is 30.8 Å². The molecular formula is C16H28N2O3. The average Bonchev–Trinajstić information content (AvgIpc) is 2.54. The van der Waals surface area contributed by atoms with Crippen LogP contribution in [0.3, 0.4) is 0 Å². The number of nitrogens with zero attached hydrogens (tertiary/aromatic N) is 1. The normalized spacial score (nSPS) is 12.5. The number of benzene rings is 1. The van der Waals surface area contributed by atoms with E-state index >= 15 is 0 Å². The fraction of sp³-hybridized carbons (Fsp3) is 0.625. The van der Waals surface area contributed by atoms with Gasteiger partial charge in [0, 0.05) is 13.1 Å². The summed E-state index contributed by atoms with van der Waals surface area (Å²) >= 11 is 0. The summed E-state index contributed by atoms with van der Waals surface area (Å²) in [5, 5.41) is 13.0. The molecule has 1 atom stereocenters. The molecule has 5 nitrogen and oxygen atoms in total. The summed E-state index contributed by atoms with van der Waals surface area (Å²) in [6, 6.07) is 5.63. The van der Waals surface area contributed by atoms with Gasteiger partial charge in [-0.25, -0.2) is 0 Å². The molecule has 0 aliphatic rings. The predicted octanol–water partition coefficient (Wildman–Crippen LogP) is 1.67. The number of rotatable bonds is 10. The summed E-state index contributed by atoms with van der Waals surface area (Å²) in [6.45, 7) is 8.24. The lowest BCUT2D eigenvalue weighted by atomic mass is 10.1. The molecule has 21 heavy (non-hydrogen) atoms. The molecule has 0 saturated carbocycles. The Hall–Kier alpha value is -1.30. The standard InChI is InChI=1S/C16H28N2O3/c1-5-18(6-2)10-9-17-14(12-19)13-7-8-15(20-3)16(11-13)21-4/h7-8,11,14,17,19H,5-6,9-10,12H2,1-4H3. The monoisotopic (exact) mass is 296 g/mol. The number of nitrogens with one attached hydrogen (secondary N) is 1. The third-order valence-electron chi connectivity index (χ3n) is 3.71. The fourth-order valence-electron chi connectivity index (χ4n) is 2.29. The summed E-state index contributed by atoms with van der Waals surface area (Å²) < 4.78 is 10.5. The molecule has 0 bridgehead atoms. The van der Waals surface area contributed by atoms with Gasteiger partial charge in [0.2, 0.25) is 0 Å². The average molecular weight is 296 g/mol. The van der Waals surface area contributed by atoms with Crippen molar-refractivity contribution in [3.8, 4) is 11.5 Å². The van der Waals surface area contributed by atoms with Gasteiger partial charge in [-0.2, -0.15) is 0 Å². The fourth-order valence-corrected chi connectivity index (χ4v) is 2.29. The molecule has 2 N–H and O–H groups in total. The largest absolute Gasteiger partial charge is 0.493 e. The van der Waals surface area contributed by atoms with Crippen LogP contribution in [0.25, 0.3) is 0 Å². The summed E-state index contributed by atoms with van der Waals surface area (Å²) in [5.41, 5.74) is 0.995. The Labute approximate surface area is 127 Å². The van der Waals surface area contributed by atoms with Gasteiger partial charge in [-0.3, -0.25) is 0 Å². The van der Waals surface area contributed by atoms with Gasteiger partial charge in [-0.1, -0.05) is 19.9 Å². The predicted molar refractivity (Wildman–Crippen MR) is 85.2 cm³/mol. The van der Waals surface area contributed by atoms with Crippen molar-refractivity contribution in [3.63, 3.8) is 0 Å². The van der Waals surface area contributed by atoms with E-state index in [0.717, 1.165) is 31.7 Å². The van der Waals surface area contributed by atoms with Crippen molar-refractivity contribution < 1.29 is 14.6 Å². The second-order valence-corrected chi connectivity index (χ2v) is 4.83. The van der Waals surface area contributed by atoms with Crippen molar-refractivity contribution in [1.29, 1.82) is 0 Å². The van der Waals surface area contributed by atoms with Crippen LogP contribution >= 0.6 is 0 Å². The van der Waals surface area contributed by atoms with Crippen LogP contribution in [-0.4, -0.2) is 57.0 Å². The van der Waals surface area contributed by atoms with E-state index in [4.69, 9.17) is 9.47 Å². The van der Waals surface area contributed by atoms with Gasteiger partial charge in [0.25, 0.3) is 0 Å². The van der Waals surface area contributed by atoms with Crippen molar-refractivity contribution in [2.45, 2.75) is 19.9 Å². The van der Waals surface area contributed by atoms with E-state index in [1.54, 1.807) is 14.2 Å². The maximum absolute atomic E-state index is 9.60. The molecule has 0 fully saturated rings. The van der Waals surface area contributed by atoms with Gasteiger partial charge in [-0.15, -0.1) is 0 Å². The molecule has 0 amide bonds. The molecule has 1 aromatic carbocycles. The second-order valence-electron chi connectivity index (χ2n) is 4.83. The lowest BCUT2D eigenvalue weighted by molar-refractivity contribution is 0.233. The number of aliphatic hydroxyl groups is 1. The van der Waals surface area contributed by atoms with Crippen LogP contribution in [0.1, 0.15) is 25.5 Å². The smallest absolute Gasteiger partial charge is 0.161 e. The zero-order chi connectivity index (χ0) is 15.7. The van der Waals surface area contributed by atoms with E-state index < -0.39 is 0 Å². The van der Waals surface area contributed by atoms with E-state index in [1.165, 1.54) is 0 Å². The van der Waals surface area contributed by atoms with Crippen LogP contribution in [0.4, 0.5) is 0 Å². The molecule has 0 saturated heterocycles. The first-order valence-electron chi connectivity index (χ1n) is 7.48. The summed E-state index contributed by atoms with van der Waals surface area (Å²) in [5.74, 6) is 1.38. The highest BCUT2D eigenvalue weighted by atomic mass is 16.5. The van der Waals surface area contributed by atoms with E-state index in [1.807, 2.05) is 18.2 Å². The Kier molecular flexibility index (Phi) is 8.12. The van der Waals surface area contributed by atoms with Crippen molar-refractivity contribution in [2.24, 2.45) is 0 Å². The Morgan fingerprint density at radius 1 is 1.14 bits per heavy atom. The number of likely N-dealkylation sites (N-methyl/N-ethyl adjacent to an activating group) is 1. The molecule has 5 heteroatoms. The first-order chi connectivity index (χ1) is 10.2. The van der Waals surface area contributed by atoms with E-state index in [2.05, 4.69) is 24.1 Å². The zero-order valence-corrected chi connectivity index (χ0v) is 13.6. The number of hydrogen-bond donors (Lipinski definition) is 2. The van der Waals surface area contributed by atoms with Crippen LogP contribution in [0, 0.1) is 0 Å². The van der Waals surface area contributed by atoms with Crippen molar-refractivity contribution in [3.05, 3.63) is 23.8 Å². The molecule has 0 aliphatic heterocycles. The maximum Gasteiger partial charge on any atom is 0.161 e. The van der Waals surface area contributed by atoms with Crippen molar-refractivity contribution in [1.82, 2.24) is 10.2 Å². The first-order valence-corrected chi connectivity index (χ1v) is 7.48.